The summed E-state index contributed by atoms with van der Waals surface area (Å²) in [5.41, 5.74) is 0. The summed E-state index contributed by atoms with van der Waals surface area (Å²) in [5.74, 6) is 0. The van der Waals surface area contributed by atoms with Crippen molar-refractivity contribution in [2.75, 3.05) is 0 Å². The predicted molar refractivity (Wildman–Crippen MR) is 34.8 cm³/mol. The van der Waals surface area contributed by atoms with Gasteiger partial charge in [0, 0.05) is 0 Å². The second kappa shape index (κ2) is 97.8. The molecule has 0 aliphatic rings. The molecule has 8 heteroatoms. The number of nitrogens with two attached hydrogens (primary N) is 4. The monoisotopic (exact) mass is 253 g/mol. The van der Waals surface area contributed by atoms with Crippen molar-refractivity contribution in [1.82, 2.24) is 0 Å². The summed E-state index contributed by atoms with van der Waals surface area (Å²) in [6, 6.07) is 0. The third-order valence-corrected chi connectivity index (χ3v) is 0. The van der Waals surface area contributed by atoms with E-state index >= 15 is 0 Å². The van der Waals surface area contributed by atoms with Gasteiger partial charge in [0.15, 0.2) is 0 Å². The number of rotatable bonds is 0. The first-order chi connectivity index (χ1) is 1.41. The molecule has 0 spiro atoms. The Hall–Kier alpha value is 1.00. The van der Waals surface area contributed by atoms with Crippen LogP contribution in [0.2, 0.25) is 0 Å². The molecule has 0 aliphatic carbocycles. The molecule has 0 radical (unpaired) electrons. The standard InChI is InChI=1S/2ClH.4H2N.H2O.Ru/h2*1H;5*1H2;/q;;4*-1;;+2/p-3. The molecule has 0 aromatic heterocycles. The van der Waals surface area contributed by atoms with Crippen LogP contribution in [0.1, 0.15) is 0 Å². The van der Waals surface area contributed by atoms with Crippen LogP contribution in [0.4, 0.5) is 0 Å². The molecular weight excluding hydrogens is 244 g/mol. The molecule has 0 fully saturated rings. The Morgan fingerprint density at radius 1 is 0.750 bits per heavy atom. The van der Waals surface area contributed by atoms with Gasteiger partial charge in [-0.2, -0.15) is 0 Å². The van der Waals surface area contributed by atoms with Crippen molar-refractivity contribution in [3.8, 4) is 0 Å². The molecule has 0 saturated carbocycles. The SMILES string of the molecule is [Cl][Ru][Cl].[NH2-].[NH2-].[NH2-].[NH2-].[OH-]. The first kappa shape index (κ1) is 63.9. The minimum Gasteiger partial charge on any atom is -0.870 e. The van der Waals surface area contributed by atoms with Gasteiger partial charge >= 0.3 is 34.5 Å². The van der Waals surface area contributed by atoms with Crippen LogP contribution in [0.15, 0.2) is 0 Å². The Bertz CT molecular complexity index is 14.0. The van der Waals surface area contributed by atoms with Gasteiger partial charge in [-0.1, -0.05) is 0 Å². The molecule has 0 amide bonds. The molecule has 5 nitrogen and oxygen atoms in total. The second-order valence-electron chi connectivity index (χ2n) is 0.0505. The molecule has 0 rings (SSSR count). The fourth-order valence-corrected chi connectivity index (χ4v) is 0. The summed E-state index contributed by atoms with van der Waals surface area (Å²) >= 11 is -0.346. The van der Waals surface area contributed by atoms with Gasteiger partial charge in [-0.15, -0.1) is 0 Å². The minimum absolute atomic E-state index is 0. The predicted octanol–water partition coefficient (Wildman–Crippen LogP) is 4.07. The van der Waals surface area contributed by atoms with Crippen molar-refractivity contribution in [2.45, 2.75) is 0 Å². The molecule has 0 unspecified atom stereocenters. The number of halogens is 2. The molecule has 8 heavy (non-hydrogen) atoms. The first-order valence-corrected chi connectivity index (χ1v) is 4.74. The normalized spacial score (nSPS) is 2.75. The van der Waals surface area contributed by atoms with Gasteiger partial charge in [0.1, 0.15) is 0 Å². The summed E-state index contributed by atoms with van der Waals surface area (Å²) in [6.07, 6.45) is 0. The molecule has 0 aliphatic heterocycles. The van der Waals surface area contributed by atoms with E-state index in [4.69, 9.17) is 19.4 Å². The average molecular weight is 253 g/mol. The maximum absolute atomic E-state index is 4.85. The molecule has 9 N–H and O–H groups in total. The van der Waals surface area contributed by atoms with Gasteiger partial charge in [-0.3, -0.25) is 0 Å². The van der Waals surface area contributed by atoms with Gasteiger partial charge in [-0.25, -0.2) is 0 Å². The van der Waals surface area contributed by atoms with E-state index in [1.165, 1.54) is 0 Å². The van der Waals surface area contributed by atoms with Crippen LogP contribution in [-0.2, 0) is 15.1 Å². The zero-order valence-corrected chi connectivity index (χ0v) is 7.12. The topological polar surface area (TPSA) is 164 Å². The largest absolute Gasteiger partial charge is 0.870 e. The summed E-state index contributed by atoms with van der Waals surface area (Å²) in [5, 5.41) is 0. The summed E-state index contributed by atoms with van der Waals surface area (Å²) < 4.78 is 0. The van der Waals surface area contributed by atoms with Gasteiger partial charge < -0.3 is 30.1 Å². The van der Waals surface area contributed by atoms with E-state index in [9.17, 15) is 0 Å². The average Bonchev–Trinajstić information content (AvgIpc) is 0.918. The summed E-state index contributed by atoms with van der Waals surface area (Å²) in [7, 11) is 9.71. The zero-order valence-electron chi connectivity index (χ0n) is 3.87. The zero-order chi connectivity index (χ0) is 2.71. The molecule has 0 heterocycles. The van der Waals surface area contributed by atoms with Crippen molar-refractivity contribution in [3.63, 3.8) is 0 Å². The van der Waals surface area contributed by atoms with Crippen LogP contribution in [0.5, 0.6) is 0 Å². The Morgan fingerprint density at radius 2 is 0.750 bits per heavy atom. The Balaban J connectivity index is -0.00000000200. The number of hydrogen-bond donors (Lipinski definition) is 0. The van der Waals surface area contributed by atoms with E-state index in [0.717, 1.165) is 0 Å². The van der Waals surface area contributed by atoms with Crippen LogP contribution in [0.3, 0.4) is 0 Å². The Labute approximate surface area is 64.8 Å². The minimum atomic E-state index is -0.346. The molecule has 0 atom stereocenters. The van der Waals surface area contributed by atoms with E-state index in [1.807, 2.05) is 0 Å². The maximum Gasteiger partial charge on any atom is -0.693 e. The summed E-state index contributed by atoms with van der Waals surface area (Å²) in [4.78, 5) is 0. The molecular formula is H9Cl2N4ORu-5. The van der Waals surface area contributed by atoms with Crippen molar-refractivity contribution in [2.24, 2.45) is 0 Å². The third-order valence-electron chi connectivity index (χ3n) is 0. The van der Waals surface area contributed by atoms with Crippen molar-refractivity contribution >= 4 is 19.4 Å². The fourth-order valence-electron chi connectivity index (χ4n) is 0. The molecule has 0 aromatic rings. The van der Waals surface area contributed by atoms with Gasteiger partial charge in [-0.05, 0) is 0 Å². The van der Waals surface area contributed by atoms with Crippen LogP contribution in [0, 0.1) is 0 Å². The molecule has 0 saturated heterocycles. The van der Waals surface area contributed by atoms with E-state index in [2.05, 4.69) is 0 Å². The van der Waals surface area contributed by atoms with Crippen LogP contribution in [0.25, 0.3) is 24.6 Å². The maximum atomic E-state index is 4.85. The number of hydrogen-bond acceptors (Lipinski definition) is 1. The molecule has 62 valence electrons. The summed E-state index contributed by atoms with van der Waals surface area (Å²) in [6.45, 7) is 0. The van der Waals surface area contributed by atoms with Gasteiger partial charge in [0.05, 0.1) is 0 Å². The second-order valence-corrected chi connectivity index (χ2v) is 2.69. The quantitative estimate of drug-likeness (QED) is 0.583. The van der Waals surface area contributed by atoms with Gasteiger partial charge in [0.2, 0.25) is 0 Å². The van der Waals surface area contributed by atoms with Crippen molar-refractivity contribution in [3.05, 3.63) is 24.6 Å². The van der Waals surface area contributed by atoms with E-state index in [-0.39, 0.29) is 45.2 Å². The first-order valence-electron chi connectivity index (χ1n) is 0.267. The fraction of sp³-hybridized carbons (Fsp3) is 0. The van der Waals surface area contributed by atoms with Crippen LogP contribution in [-0.4, -0.2) is 5.48 Å². The van der Waals surface area contributed by atoms with Crippen LogP contribution < -0.4 is 0 Å². The Morgan fingerprint density at radius 3 is 0.750 bits per heavy atom. The van der Waals surface area contributed by atoms with Gasteiger partial charge in [0.25, 0.3) is 0 Å². The van der Waals surface area contributed by atoms with Crippen LogP contribution >= 0.6 is 19.4 Å². The third kappa shape index (κ3) is 251. The molecule has 0 bridgehead atoms. The Kier molecular flexibility index (Phi) is 782. The smallest absolute Gasteiger partial charge is 0.693 e. The van der Waals surface area contributed by atoms with Crippen molar-refractivity contribution in [1.29, 1.82) is 0 Å². The molecule has 0 aromatic carbocycles. The van der Waals surface area contributed by atoms with Crippen molar-refractivity contribution < 1.29 is 20.6 Å². The van der Waals surface area contributed by atoms with E-state index in [0.29, 0.717) is 0 Å². The van der Waals surface area contributed by atoms with E-state index in [1.54, 1.807) is 0 Å². The van der Waals surface area contributed by atoms with E-state index < -0.39 is 0 Å².